The van der Waals surface area contributed by atoms with Crippen LogP contribution < -0.4 is 0 Å². The lowest BCUT2D eigenvalue weighted by Crippen LogP contribution is -2.16. The smallest absolute Gasteiger partial charge is 0.0142 e. The van der Waals surface area contributed by atoms with E-state index in [4.69, 9.17) is 0 Å². The second-order valence-electron chi connectivity index (χ2n) is 9.39. The fraction of sp³-hybridized carbons (Fsp3) is 0.118. The van der Waals surface area contributed by atoms with Crippen LogP contribution in [0.4, 0.5) is 0 Å². The summed E-state index contributed by atoms with van der Waals surface area (Å²) in [4.78, 5) is 0. The summed E-state index contributed by atoms with van der Waals surface area (Å²) >= 11 is 0. The molecule has 5 aromatic carbocycles. The fourth-order valence-corrected chi connectivity index (χ4v) is 5.65. The molecule has 5 aromatic rings. The Balaban J connectivity index is 1.48. The number of hydrogen-bond donors (Lipinski definition) is 0. The quantitative estimate of drug-likeness (QED) is 0.264. The van der Waals surface area contributed by atoms with Gasteiger partial charge >= 0.3 is 0 Å². The van der Waals surface area contributed by atoms with Gasteiger partial charge in [0.2, 0.25) is 0 Å². The molecule has 6 rings (SSSR count). The van der Waals surface area contributed by atoms with Crippen molar-refractivity contribution in [3.8, 4) is 22.3 Å². The number of benzene rings is 5. The van der Waals surface area contributed by atoms with Gasteiger partial charge < -0.3 is 0 Å². The number of fused-ring (bicyclic) bond motifs is 3. The average Bonchev–Trinajstić information content (AvgIpc) is 2.89. The van der Waals surface area contributed by atoms with Crippen LogP contribution in [0, 0.1) is 6.92 Å². The molecule has 34 heavy (non-hydrogen) atoms. The first-order valence-electron chi connectivity index (χ1n) is 12.2. The van der Waals surface area contributed by atoms with Crippen LogP contribution in [0.5, 0.6) is 0 Å². The first kappa shape index (κ1) is 20.7. The maximum Gasteiger partial charge on any atom is 0.0142 e. The standard InChI is InChI=1S/C34H28/c1-24-11-5-7-18-30(24)33-23-28-15-6-8-19-31(28)32-20-10-17-29(34(32)33)22-25-12-9-16-27(21-25)26-13-3-2-4-14-26/h2-21,33H,22-23H2,1H3. The molecule has 1 unspecified atom stereocenters. The predicted molar refractivity (Wildman–Crippen MR) is 143 cm³/mol. The van der Waals surface area contributed by atoms with E-state index in [0.29, 0.717) is 5.92 Å². The van der Waals surface area contributed by atoms with E-state index in [2.05, 4.69) is 128 Å². The van der Waals surface area contributed by atoms with E-state index in [-0.39, 0.29) is 0 Å². The number of rotatable bonds is 4. The summed E-state index contributed by atoms with van der Waals surface area (Å²) in [5.74, 6) is 0.375. The van der Waals surface area contributed by atoms with Crippen LogP contribution in [0.15, 0.2) is 121 Å². The highest BCUT2D eigenvalue weighted by atomic mass is 14.3. The number of hydrogen-bond acceptors (Lipinski definition) is 0. The van der Waals surface area contributed by atoms with Crippen molar-refractivity contribution < 1.29 is 0 Å². The molecular weight excluding hydrogens is 408 g/mol. The van der Waals surface area contributed by atoms with Gasteiger partial charge in [-0.15, -0.1) is 0 Å². The van der Waals surface area contributed by atoms with Gasteiger partial charge in [0.05, 0.1) is 0 Å². The molecule has 164 valence electrons. The summed E-state index contributed by atoms with van der Waals surface area (Å²) in [6, 6.07) is 44.5. The SMILES string of the molecule is Cc1ccccc1C1Cc2ccccc2-c2cccc(Cc3cccc(-c4ccccc4)c3)c21. The van der Waals surface area contributed by atoms with E-state index in [1.165, 1.54) is 55.6 Å². The van der Waals surface area contributed by atoms with E-state index in [1.54, 1.807) is 0 Å². The molecule has 0 nitrogen and oxygen atoms in total. The molecule has 0 aliphatic heterocycles. The van der Waals surface area contributed by atoms with Crippen LogP contribution in [0.25, 0.3) is 22.3 Å². The van der Waals surface area contributed by atoms with Crippen LogP contribution in [-0.2, 0) is 12.8 Å². The molecule has 0 spiro atoms. The zero-order valence-electron chi connectivity index (χ0n) is 19.5. The maximum absolute atomic E-state index is 2.36. The van der Waals surface area contributed by atoms with E-state index < -0.39 is 0 Å². The summed E-state index contributed by atoms with van der Waals surface area (Å²) in [5.41, 5.74) is 13.9. The molecule has 1 atom stereocenters. The van der Waals surface area contributed by atoms with Crippen molar-refractivity contribution in [1.82, 2.24) is 0 Å². The topological polar surface area (TPSA) is 0 Å². The fourth-order valence-electron chi connectivity index (χ4n) is 5.65. The van der Waals surface area contributed by atoms with Crippen LogP contribution in [-0.4, -0.2) is 0 Å². The molecule has 0 N–H and O–H groups in total. The van der Waals surface area contributed by atoms with Gasteiger partial charge in [-0.05, 0) is 75.4 Å². The molecule has 0 fully saturated rings. The highest BCUT2D eigenvalue weighted by Gasteiger charge is 2.28. The lowest BCUT2D eigenvalue weighted by molar-refractivity contribution is 0.776. The Morgan fingerprint density at radius 1 is 0.618 bits per heavy atom. The van der Waals surface area contributed by atoms with Crippen molar-refractivity contribution in [1.29, 1.82) is 0 Å². The predicted octanol–water partition coefficient (Wildman–Crippen LogP) is 8.61. The zero-order chi connectivity index (χ0) is 22.9. The molecule has 0 amide bonds. The Hall–Kier alpha value is -3.90. The Labute approximate surface area is 202 Å². The molecule has 1 aliphatic rings. The highest BCUT2D eigenvalue weighted by molar-refractivity contribution is 5.77. The van der Waals surface area contributed by atoms with Gasteiger partial charge in [0.15, 0.2) is 0 Å². The second kappa shape index (κ2) is 8.80. The van der Waals surface area contributed by atoms with Crippen molar-refractivity contribution in [2.45, 2.75) is 25.7 Å². The van der Waals surface area contributed by atoms with Crippen LogP contribution in [0.2, 0.25) is 0 Å². The third-order valence-corrected chi connectivity index (χ3v) is 7.27. The van der Waals surface area contributed by atoms with Gasteiger partial charge in [0, 0.05) is 5.92 Å². The second-order valence-corrected chi connectivity index (χ2v) is 9.39. The lowest BCUT2D eigenvalue weighted by atomic mass is 9.72. The molecule has 0 heteroatoms. The Morgan fingerprint density at radius 2 is 1.32 bits per heavy atom. The van der Waals surface area contributed by atoms with Crippen molar-refractivity contribution in [3.63, 3.8) is 0 Å². The van der Waals surface area contributed by atoms with Gasteiger partial charge in [-0.25, -0.2) is 0 Å². The third kappa shape index (κ3) is 3.76. The largest absolute Gasteiger partial charge is 0.0622 e. The summed E-state index contributed by atoms with van der Waals surface area (Å²) < 4.78 is 0. The molecule has 0 bridgehead atoms. The van der Waals surface area contributed by atoms with Gasteiger partial charge in [0.1, 0.15) is 0 Å². The first-order chi connectivity index (χ1) is 16.8. The first-order valence-corrected chi connectivity index (χ1v) is 12.2. The van der Waals surface area contributed by atoms with Crippen molar-refractivity contribution in [2.24, 2.45) is 0 Å². The van der Waals surface area contributed by atoms with Gasteiger partial charge in [-0.2, -0.15) is 0 Å². The molecule has 0 saturated heterocycles. The Morgan fingerprint density at radius 3 is 2.21 bits per heavy atom. The van der Waals surface area contributed by atoms with Crippen LogP contribution in [0.3, 0.4) is 0 Å². The van der Waals surface area contributed by atoms with Crippen molar-refractivity contribution in [2.75, 3.05) is 0 Å². The molecule has 0 heterocycles. The van der Waals surface area contributed by atoms with E-state index in [1.807, 2.05) is 0 Å². The molecule has 0 aromatic heterocycles. The van der Waals surface area contributed by atoms with Crippen molar-refractivity contribution in [3.05, 3.63) is 155 Å². The average molecular weight is 437 g/mol. The van der Waals surface area contributed by atoms with Crippen LogP contribution >= 0.6 is 0 Å². The number of aryl methyl sites for hydroxylation is 1. The van der Waals surface area contributed by atoms with Gasteiger partial charge in [-0.3, -0.25) is 0 Å². The third-order valence-electron chi connectivity index (χ3n) is 7.27. The lowest BCUT2D eigenvalue weighted by Gasteiger charge is -2.31. The van der Waals surface area contributed by atoms with E-state index in [9.17, 15) is 0 Å². The Kier molecular flexibility index (Phi) is 5.35. The van der Waals surface area contributed by atoms with Gasteiger partial charge in [-0.1, -0.05) is 121 Å². The summed E-state index contributed by atoms with van der Waals surface area (Å²) in [7, 11) is 0. The normalized spacial score (nSPS) is 14.3. The van der Waals surface area contributed by atoms with Gasteiger partial charge in [0.25, 0.3) is 0 Å². The molecule has 0 saturated carbocycles. The summed E-state index contributed by atoms with van der Waals surface area (Å²) in [5, 5.41) is 0. The van der Waals surface area contributed by atoms with E-state index >= 15 is 0 Å². The minimum atomic E-state index is 0.375. The Bertz CT molecular complexity index is 1460. The monoisotopic (exact) mass is 436 g/mol. The van der Waals surface area contributed by atoms with Crippen LogP contribution in [0.1, 0.15) is 39.3 Å². The maximum atomic E-state index is 2.36. The highest BCUT2D eigenvalue weighted by Crippen LogP contribution is 2.45. The summed E-state index contributed by atoms with van der Waals surface area (Å²) in [6.07, 6.45) is 1.99. The molecule has 1 aliphatic carbocycles. The zero-order valence-corrected chi connectivity index (χ0v) is 19.5. The molecule has 0 radical (unpaired) electrons. The minimum absolute atomic E-state index is 0.375. The van der Waals surface area contributed by atoms with E-state index in [0.717, 1.165) is 12.8 Å². The van der Waals surface area contributed by atoms with Crippen molar-refractivity contribution >= 4 is 0 Å². The summed E-state index contributed by atoms with van der Waals surface area (Å²) in [6.45, 7) is 2.25. The molecular formula is C34H28. The minimum Gasteiger partial charge on any atom is -0.0622 e.